The molecule has 0 aliphatic carbocycles. The highest BCUT2D eigenvalue weighted by molar-refractivity contribution is 6.14. The summed E-state index contributed by atoms with van der Waals surface area (Å²) in [5.74, 6) is -0.486. The van der Waals surface area contributed by atoms with E-state index < -0.39 is 5.91 Å². The van der Waals surface area contributed by atoms with Gasteiger partial charge in [0.25, 0.3) is 5.91 Å². The third-order valence-corrected chi connectivity index (χ3v) is 7.85. The smallest absolute Gasteiger partial charge is 0.250 e. The minimum atomic E-state index is -0.486. The number of morpholine rings is 2. The first kappa shape index (κ1) is 24.1. The highest BCUT2D eigenvalue weighted by Gasteiger charge is 2.19. The van der Waals surface area contributed by atoms with Crippen molar-refractivity contribution >= 4 is 44.4 Å². The number of aromatic nitrogens is 4. The van der Waals surface area contributed by atoms with Gasteiger partial charge in [0.05, 0.1) is 72.5 Å². The number of primary amides is 1. The molecule has 0 radical (unpaired) electrons. The molecule has 5 aromatic rings. The zero-order valence-corrected chi connectivity index (χ0v) is 21.7. The number of benzene rings is 2. The number of rotatable bonds is 6. The molecule has 1 amide bonds. The number of anilines is 1. The van der Waals surface area contributed by atoms with Crippen LogP contribution in [0, 0.1) is 0 Å². The SMILES string of the molecule is NC(=O)c1cc(-c2ccc3c(cnn3CCN3CCOCC3)c2)nc2c1[nH]c1cc(N3CCOCC3)ccc12. The lowest BCUT2D eigenvalue weighted by molar-refractivity contribution is 0.0361. The molecule has 3 N–H and O–H groups in total. The maximum absolute atomic E-state index is 12.5. The van der Waals surface area contributed by atoms with Crippen LogP contribution in [0.3, 0.4) is 0 Å². The Morgan fingerprint density at radius 2 is 1.74 bits per heavy atom. The number of H-pyrrole nitrogens is 1. The van der Waals surface area contributed by atoms with Gasteiger partial charge in [-0.2, -0.15) is 5.10 Å². The summed E-state index contributed by atoms with van der Waals surface area (Å²) >= 11 is 0. The number of carbonyl (C=O) groups excluding carboxylic acids is 1. The number of fused-ring (bicyclic) bond motifs is 4. The van der Waals surface area contributed by atoms with Crippen LogP contribution < -0.4 is 10.6 Å². The number of hydrogen-bond donors (Lipinski definition) is 2. The van der Waals surface area contributed by atoms with Crippen molar-refractivity contribution in [3.8, 4) is 11.3 Å². The third-order valence-electron chi connectivity index (χ3n) is 7.85. The van der Waals surface area contributed by atoms with Crippen molar-refractivity contribution in [3.63, 3.8) is 0 Å². The van der Waals surface area contributed by atoms with Crippen molar-refractivity contribution in [2.75, 3.05) is 64.1 Å². The van der Waals surface area contributed by atoms with Crippen LogP contribution in [0.4, 0.5) is 5.69 Å². The largest absolute Gasteiger partial charge is 0.379 e. The molecule has 7 rings (SSSR count). The van der Waals surface area contributed by atoms with Crippen molar-refractivity contribution in [2.24, 2.45) is 5.73 Å². The van der Waals surface area contributed by atoms with Gasteiger partial charge in [0.15, 0.2) is 0 Å². The molecule has 2 fully saturated rings. The summed E-state index contributed by atoms with van der Waals surface area (Å²) in [6.07, 6.45) is 1.89. The van der Waals surface area contributed by atoms with Gasteiger partial charge in [-0.15, -0.1) is 0 Å². The van der Waals surface area contributed by atoms with Crippen LogP contribution in [-0.4, -0.2) is 89.7 Å². The highest BCUT2D eigenvalue weighted by Crippen LogP contribution is 2.33. The first-order chi connectivity index (χ1) is 19.1. The molecule has 0 atom stereocenters. The van der Waals surface area contributed by atoms with Gasteiger partial charge in [-0.3, -0.25) is 14.4 Å². The molecule has 2 aliphatic rings. The fourth-order valence-corrected chi connectivity index (χ4v) is 5.69. The van der Waals surface area contributed by atoms with Crippen molar-refractivity contribution in [1.29, 1.82) is 0 Å². The molecule has 3 aromatic heterocycles. The molecule has 10 heteroatoms. The van der Waals surface area contributed by atoms with Crippen molar-refractivity contribution < 1.29 is 14.3 Å². The predicted octanol–water partition coefficient (Wildman–Crippen LogP) is 3.00. The Morgan fingerprint density at radius 3 is 2.54 bits per heavy atom. The van der Waals surface area contributed by atoms with Crippen molar-refractivity contribution in [2.45, 2.75) is 6.54 Å². The van der Waals surface area contributed by atoms with Gasteiger partial charge < -0.3 is 25.1 Å². The first-order valence-corrected chi connectivity index (χ1v) is 13.5. The minimum absolute atomic E-state index is 0.431. The van der Waals surface area contributed by atoms with E-state index in [1.165, 1.54) is 0 Å². The van der Waals surface area contributed by atoms with Gasteiger partial charge in [0, 0.05) is 54.7 Å². The zero-order chi connectivity index (χ0) is 26.3. The summed E-state index contributed by atoms with van der Waals surface area (Å²) in [5, 5.41) is 6.63. The second-order valence-corrected chi connectivity index (χ2v) is 10.2. The Morgan fingerprint density at radius 1 is 0.949 bits per heavy atom. The maximum atomic E-state index is 12.5. The summed E-state index contributed by atoms with van der Waals surface area (Å²) < 4.78 is 13.0. The van der Waals surface area contributed by atoms with Crippen LogP contribution in [0.1, 0.15) is 10.4 Å². The van der Waals surface area contributed by atoms with E-state index in [-0.39, 0.29) is 0 Å². The molecule has 0 spiro atoms. The second kappa shape index (κ2) is 9.96. The maximum Gasteiger partial charge on any atom is 0.250 e. The summed E-state index contributed by atoms with van der Waals surface area (Å²) in [4.78, 5) is 25.7. The van der Waals surface area contributed by atoms with E-state index in [4.69, 9.17) is 20.2 Å². The molecular formula is C29H31N7O3. The van der Waals surface area contributed by atoms with Gasteiger partial charge in [-0.25, -0.2) is 4.98 Å². The van der Waals surface area contributed by atoms with Crippen LogP contribution in [-0.2, 0) is 16.0 Å². The summed E-state index contributed by atoms with van der Waals surface area (Å²) in [6, 6.07) is 14.3. The number of nitrogens with two attached hydrogens (primary N) is 1. The van der Waals surface area contributed by atoms with E-state index in [1.807, 2.05) is 16.9 Å². The van der Waals surface area contributed by atoms with Gasteiger partial charge in [-0.1, -0.05) is 6.07 Å². The van der Waals surface area contributed by atoms with Gasteiger partial charge in [0.1, 0.15) is 0 Å². The number of hydrogen-bond acceptors (Lipinski definition) is 7. The number of amides is 1. The Bertz CT molecular complexity index is 1680. The lowest BCUT2D eigenvalue weighted by atomic mass is 10.1. The fourth-order valence-electron chi connectivity index (χ4n) is 5.69. The fraction of sp³-hybridized carbons (Fsp3) is 0.345. The van der Waals surface area contributed by atoms with E-state index in [9.17, 15) is 4.79 Å². The van der Waals surface area contributed by atoms with E-state index in [2.05, 4.69) is 50.2 Å². The van der Waals surface area contributed by atoms with E-state index in [0.717, 1.165) is 104 Å². The standard InChI is InChI=1S/C29H31N7O3/c30-29(37)23-17-24(19-1-4-26-20(15-19)18-31-36(26)6-5-34-7-11-38-12-8-34)32-27-22-3-2-21(16-25(22)33-28(23)27)35-9-13-39-14-10-35/h1-4,15-18,33H,5-14H2,(H2,30,37). The van der Waals surface area contributed by atoms with Crippen molar-refractivity contribution in [3.05, 3.63) is 54.2 Å². The van der Waals surface area contributed by atoms with E-state index in [0.29, 0.717) is 16.8 Å². The Kier molecular flexibility index (Phi) is 6.15. The predicted molar refractivity (Wildman–Crippen MR) is 151 cm³/mol. The second-order valence-electron chi connectivity index (χ2n) is 10.2. The summed E-state index contributed by atoms with van der Waals surface area (Å²) in [5.41, 5.74) is 12.4. The quantitative estimate of drug-likeness (QED) is 0.350. The molecular weight excluding hydrogens is 494 g/mol. The number of nitrogens with zero attached hydrogens (tertiary/aromatic N) is 5. The molecule has 2 aromatic carbocycles. The average Bonchev–Trinajstić information content (AvgIpc) is 3.56. The lowest BCUT2D eigenvalue weighted by Crippen LogP contribution is -2.38. The Balaban J connectivity index is 1.24. The van der Waals surface area contributed by atoms with Crippen LogP contribution in [0.25, 0.3) is 44.1 Å². The summed E-state index contributed by atoms with van der Waals surface area (Å²) in [7, 11) is 0. The number of pyridine rings is 1. The van der Waals surface area contributed by atoms with Crippen LogP contribution in [0.15, 0.2) is 48.7 Å². The lowest BCUT2D eigenvalue weighted by Gasteiger charge is -2.28. The third kappa shape index (κ3) is 4.50. The number of nitrogens with one attached hydrogen (secondary N) is 1. The topological polar surface area (TPSA) is 115 Å². The minimum Gasteiger partial charge on any atom is -0.379 e. The Labute approximate surface area is 225 Å². The van der Waals surface area contributed by atoms with E-state index in [1.54, 1.807) is 6.07 Å². The number of aromatic amines is 1. The van der Waals surface area contributed by atoms with Crippen LogP contribution in [0.5, 0.6) is 0 Å². The molecule has 10 nitrogen and oxygen atoms in total. The number of carbonyl (C=O) groups is 1. The normalized spacial score (nSPS) is 17.0. The highest BCUT2D eigenvalue weighted by atomic mass is 16.5. The van der Waals surface area contributed by atoms with Crippen LogP contribution >= 0.6 is 0 Å². The van der Waals surface area contributed by atoms with Gasteiger partial charge in [-0.05, 0) is 36.4 Å². The zero-order valence-electron chi connectivity index (χ0n) is 21.7. The monoisotopic (exact) mass is 525 g/mol. The molecule has 0 bridgehead atoms. The van der Waals surface area contributed by atoms with E-state index >= 15 is 0 Å². The molecule has 0 unspecified atom stereocenters. The average molecular weight is 526 g/mol. The van der Waals surface area contributed by atoms with Crippen LogP contribution in [0.2, 0.25) is 0 Å². The molecule has 0 saturated carbocycles. The van der Waals surface area contributed by atoms with Crippen molar-refractivity contribution in [1.82, 2.24) is 24.6 Å². The van der Waals surface area contributed by atoms with Gasteiger partial charge >= 0.3 is 0 Å². The Hall–Kier alpha value is -3.99. The summed E-state index contributed by atoms with van der Waals surface area (Å²) in [6.45, 7) is 8.41. The van der Waals surface area contributed by atoms with Gasteiger partial charge in [0.2, 0.25) is 0 Å². The molecule has 2 aliphatic heterocycles. The molecule has 2 saturated heterocycles. The molecule has 5 heterocycles. The first-order valence-electron chi connectivity index (χ1n) is 13.5. The molecule has 39 heavy (non-hydrogen) atoms. The number of ether oxygens (including phenoxy) is 2. The molecule has 200 valence electrons.